The summed E-state index contributed by atoms with van der Waals surface area (Å²) in [7, 11) is 2.17. The van der Waals surface area contributed by atoms with E-state index in [1.165, 1.54) is 19.3 Å². The van der Waals surface area contributed by atoms with E-state index < -0.39 is 0 Å². The summed E-state index contributed by atoms with van der Waals surface area (Å²) in [6.07, 6.45) is 3.67. The van der Waals surface area contributed by atoms with Gasteiger partial charge in [0.1, 0.15) is 5.82 Å². The summed E-state index contributed by atoms with van der Waals surface area (Å²) in [6, 6.07) is 8.28. The zero-order valence-corrected chi connectivity index (χ0v) is 14.3. The minimum atomic E-state index is 0.856. The van der Waals surface area contributed by atoms with Gasteiger partial charge >= 0.3 is 0 Å². The molecule has 0 aliphatic carbocycles. The minimum Gasteiger partial charge on any atom is -0.369 e. The van der Waals surface area contributed by atoms with Gasteiger partial charge in [0, 0.05) is 38.1 Å². The zero-order valence-electron chi connectivity index (χ0n) is 14.3. The van der Waals surface area contributed by atoms with Gasteiger partial charge in [-0.15, -0.1) is 0 Å². The molecule has 1 saturated heterocycles. The van der Waals surface area contributed by atoms with Crippen molar-refractivity contribution in [2.45, 2.75) is 26.2 Å². The predicted octanol–water partition coefficient (Wildman–Crippen LogP) is 2.98. The van der Waals surface area contributed by atoms with Crippen LogP contribution in [0.3, 0.4) is 0 Å². The molecule has 1 fully saturated rings. The van der Waals surface area contributed by atoms with Crippen molar-refractivity contribution in [3.05, 3.63) is 24.3 Å². The van der Waals surface area contributed by atoms with Crippen LogP contribution in [0.15, 0.2) is 24.3 Å². The number of anilines is 2. The van der Waals surface area contributed by atoms with E-state index >= 15 is 0 Å². The molecule has 1 aliphatic rings. The molecule has 0 radical (unpaired) electrons. The van der Waals surface area contributed by atoms with Gasteiger partial charge in [0.25, 0.3) is 0 Å². The Kier molecular flexibility index (Phi) is 5.28. The van der Waals surface area contributed by atoms with Crippen molar-refractivity contribution in [3.63, 3.8) is 0 Å². The number of benzene rings is 1. The molecule has 5 heteroatoms. The first-order chi connectivity index (χ1) is 11.3. The Morgan fingerprint density at radius 1 is 1.04 bits per heavy atom. The van der Waals surface area contributed by atoms with E-state index in [9.17, 15) is 0 Å². The van der Waals surface area contributed by atoms with Crippen molar-refractivity contribution in [3.8, 4) is 0 Å². The van der Waals surface area contributed by atoms with Crippen molar-refractivity contribution < 1.29 is 0 Å². The summed E-state index contributed by atoms with van der Waals surface area (Å²) in [5.74, 6) is 1.83. The average molecular weight is 313 g/mol. The molecule has 1 aromatic heterocycles. The summed E-state index contributed by atoms with van der Waals surface area (Å²) in [6.45, 7) is 7.31. The molecule has 23 heavy (non-hydrogen) atoms. The number of nitrogens with one attached hydrogen (secondary N) is 1. The number of hydrogen-bond acceptors (Lipinski definition) is 5. The van der Waals surface area contributed by atoms with Gasteiger partial charge in [0.2, 0.25) is 5.95 Å². The molecule has 3 rings (SSSR count). The van der Waals surface area contributed by atoms with E-state index in [1.54, 1.807) is 0 Å². The van der Waals surface area contributed by atoms with Crippen molar-refractivity contribution in [1.29, 1.82) is 0 Å². The molecule has 1 aromatic carbocycles. The molecular weight excluding hydrogens is 286 g/mol. The fourth-order valence-electron chi connectivity index (χ4n) is 2.93. The molecule has 0 saturated carbocycles. The van der Waals surface area contributed by atoms with Crippen LogP contribution in [0.25, 0.3) is 10.9 Å². The highest BCUT2D eigenvalue weighted by Crippen LogP contribution is 2.24. The van der Waals surface area contributed by atoms with Gasteiger partial charge in [-0.2, -0.15) is 4.98 Å². The SMILES string of the molecule is CCCCCNc1nc(N2CCN(C)CC2)nc2ccccc12. The largest absolute Gasteiger partial charge is 0.369 e. The Labute approximate surface area is 138 Å². The van der Waals surface area contributed by atoms with Crippen LogP contribution in [0, 0.1) is 0 Å². The number of nitrogens with zero attached hydrogens (tertiary/aromatic N) is 4. The lowest BCUT2D eigenvalue weighted by atomic mass is 10.2. The Morgan fingerprint density at radius 3 is 2.61 bits per heavy atom. The molecule has 2 heterocycles. The third kappa shape index (κ3) is 3.91. The molecule has 0 spiro atoms. The molecule has 0 atom stereocenters. The lowest BCUT2D eigenvalue weighted by Crippen LogP contribution is -2.45. The summed E-state index contributed by atoms with van der Waals surface area (Å²) >= 11 is 0. The summed E-state index contributed by atoms with van der Waals surface area (Å²) in [5.41, 5.74) is 1.02. The van der Waals surface area contributed by atoms with Crippen LogP contribution in [-0.2, 0) is 0 Å². The monoisotopic (exact) mass is 313 g/mol. The quantitative estimate of drug-likeness (QED) is 0.831. The third-order valence-electron chi connectivity index (χ3n) is 4.45. The lowest BCUT2D eigenvalue weighted by Gasteiger charge is -2.32. The molecule has 0 unspecified atom stereocenters. The molecule has 2 aromatic rings. The van der Waals surface area contributed by atoms with Gasteiger partial charge in [-0.3, -0.25) is 0 Å². The topological polar surface area (TPSA) is 44.3 Å². The molecule has 0 bridgehead atoms. The van der Waals surface area contributed by atoms with E-state index in [4.69, 9.17) is 9.97 Å². The van der Waals surface area contributed by atoms with Crippen LogP contribution in [0.1, 0.15) is 26.2 Å². The molecular formula is C18H27N5. The van der Waals surface area contributed by atoms with Crippen molar-refractivity contribution in [2.75, 3.05) is 50.0 Å². The number of likely N-dealkylation sites (N-methyl/N-ethyl adjacent to an activating group) is 1. The van der Waals surface area contributed by atoms with Crippen molar-refractivity contribution >= 4 is 22.7 Å². The number of aromatic nitrogens is 2. The highest BCUT2D eigenvalue weighted by Gasteiger charge is 2.18. The van der Waals surface area contributed by atoms with Crippen LogP contribution in [0.2, 0.25) is 0 Å². The summed E-state index contributed by atoms with van der Waals surface area (Å²) < 4.78 is 0. The third-order valence-corrected chi connectivity index (χ3v) is 4.45. The van der Waals surface area contributed by atoms with Gasteiger partial charge in [-0.25, -0.2) is 4.98 Å². The van der Waals surface area contributed by atoms with E-state index in [0.29, 0.717) is 0 Å². The van der Waals surface area contributed by atoms with Crippen LogP contribution in [0.5, 0.6) is 0 Å². The van der Waals surface area contributed by atoms with Gasteiger partial charge in [0.15, 0.2) is 0 Å². The zero-order chi connectivity index (χ0) is 16.1. The van der Waals surface area contributed by atoms with E-state index in [0.717, 1.165) is 55.4 Å². The van der Waals surface area contributed by atoms with Gasteiger partial charge < -0.3 is 15.1 Å². The van der Waals surface area contributed by atoms with Crippen LogP contribution < -0.4 is 10.2 Å². The summed E-state index contributed by atoms with van der Waals surface area (Å²) in [4.78, 5) is 14.3. The Balaban J connectivity index is 1.84. The van der Waals surface area contributed by atoms with Gasteiger partial charge in [-0.1, -0.05) is 31.9 Å². The molecule has 1 N–H and O–H groups in total. The fourth-order valence-corrected chi connectivity index (χ4v) is 2.93. The second kappa shape index (κ2) is 7.59. The Hall–Kier alpha value is -1.88. The van der Waals surface area contributed by atoms with E-state index in [1.807, 2.05) is 6.07 Å². The van der Waals surface area contributed by atoms with Crippen molar-refractivity contribution in [2.24, 2.45) is 0 Å². The second-order valence-corrected chi connectivity index (χ2v) is 6.31. The molecule has 5 nitrogen and oxygen atoms in total. The van der Waals surface area contributed by atoms with E-state index in [2.05, 4.69) is 47.3 Å². The highest BCUT2D eigenvalue weighted by atomic mass is 15.3. The smallest absolute Gasteiger partial charge is 0.227 e. The first-order valence-corrected chi connectivity index (χ1v) is 8.72. The standard InChI is InChI=1S/C18H27N5/c1-3-4-7-10-19-17-15-8-5-6-9-16(15)20-18(21-17)23-13-11-22(2)12-14-23/h5-6,8-9H,3-4,7,10-14H2,1-2H3,(H,19,20,21). The fraction of sp³-hybridized carbons (Fsp3) is 0.556. The number of para-hydroxylation sites is 1. The normalized spacial score (nSPS) is 16.0. The minimum absolute atomic E-state index is 0.856. The molecule has 1 aliphatic heterocycles. The van der Waals surface area contributed by atoms with Crippen LogP contribution in [0.4, 0.5) is 11.8 Å². The van der Waals surface area contributed by atoms with Gasteiger partial charge in [-0.05, 0) is 25.6 Å². The van der Waals surface area contributed by atoms with Gasteiger partial charge in [0.05, 0.1) is 5.52 Å². The highest BCUT2D eigenvalue weighted by molar-refractivity contribution is 5.90. The van der Waals surface area contributed by atoms with Crippen LogP contribution in [-0.4, -0.2) is 54.6 Å². The second-order valence-electron chi connectivity index (χ2n) is 6.31. The summed E-state index contributed by atoms with van der Waals surface area (Å²) in [5, 5.41) is 4.64. The van der Waals surface area contributed by atoms with E-state index in [-0.39, 0.29) is 0 Å². The predicted molar refractivity (Wildman–Crippen MR) is 97.3 cm³/mol. The number of fused-ring (bicyclic) bond motifs is 1. The van der Waals surface area contributed by atoms with Crippen LogP contribution >= 0.6 is 0 Å². The number of hydrogen-bond donors (Lipinski definition) is 1. The maximum atomic E-state index is 4.83. The number of unbranched alkanes of at least 4 members (excludes halogenated alkanes) is 2. The first kappa shape index (κ1) is 16.0. The average Bonchev–Trinajstić information content (AvgIpc) is 2.59. The van der Waals surface area contributed by atoms with Crippen molar-refractivity contribution in [1.82, 2.24) is 14.9 Å². The lowest BCUT2D eigenvalue weighted by molar-refractivity contribution is 0.311. The molecule has 124 valence electrons. The maximum absolute atomic E-state index is 4.83. The first-order valence-electron chi connectivity index (χ1n) is 8.72. The maximum Gasteiger partial charge on any atom is 0.227 e. The Bertz CT molecular complexity index is 634. The number of piperazine rings is 1. The molecule has 0 amide bonds. The Morgan fingerprint density at radius 2 is 1.83 bits per heavy atom. The number of rotatable bonds is 6.